The van der Waals surface area contributed by atoms with E-state index in [1.807, 2.05) is 0 Å². The van der Waals surface area contributed by atoms with E-state index in [9.17, 15) is 13.8 Å². The van der Waals surface area contributed by atoms with Crippen LogP contribution in [-0.2, 0) is 20.4 Å². The predicted octanol–water partition coefficient (Wildman–Crippen LogP) is -1.72. The Morgan fingerprint density at radius 2 is 2.00 bits per heavy atom. The topological polar surface area (TPSA) is 95.5 Å². The number of hydrogen-bond donors (Lipinski definition) is 3. The molecule has 0 radical (unpaired) electrons. The van der Waals surface area contributed by atoms with Gasteiger partial charge in [0.15, 0.2) is 0 Å². The first kappa shape index (κ1) is 13.1. The van der Waals surface area contributed by atoms with Crippen molar-refractivity contribution in [2.45, 2.75) is 13.3 Å². The SMILES string of the molecule is CC(=O)NNC(=O)CS(=O)CCCO. The number of aliphatic hydroxyl groups excluding tert-OH is 1. The standard InChI is InChI=1S/C7H14N2O4S/c1-6(11)8-9-7(12)5-14(13)4-2-3-10/h10H,2-5H2,1H3,(H,8,11)(H,9,12). The minimum atomic E-state index is -1.29. The van der Waals surface area contributed by atoms with Crippen LogP contribution in [-0.4, -0.2) is 39.2 Å². The first-order valence-electron chi connectivity index (χ1n) is 4.07. The average Bonchev–Trinajstić information content (AvgIpc) is 2.11. The van der Waals surface area contributed by atoms with E-state index in [1.54, 1.807) is 0 Å². The van der Waals surface area contributed by atoms with Crippen molar-refractivity contribution in [1.82, 2.24) is 10.9 Å². The summed E-state index contributed by atoms with van der Waals surface area (Å²) in [7, 11) is -1.29. The first-order chi connectivity index (χ1) is 6.56. The van der Waals surface area contributed by atoms with Gasteiger partial charge >= 0.3 is 0 Å². The number of hydrogen-bond acceptors (Lipinski definition) is 4. The Morgan fingerprint density at radius 1 is 1.36 bits per heavy atom. The maximum absolute atomic E-state index is 11.1. The molecule has 0 fully saturated rings. The Balaban J connectivity index is 3.60. The minimum absolute atomic E-state index is 0.0426. The Morgan fingerprint density at radius 3 is 2.50 bits per heavy atom. The van der Waals surface area contributed by atoms with Crippen molar-refractivity contribution in [3.8, 4) is 0 Å². The van der Waals surface area contributed by atoms with Crippen LogP contribution in [0.25, 0.3) is 0 Å². The molecule has 3 N–H and O–H groups in total. The maximum Gasteiger partial charge on any atom is 0.250 e. The Kier molecular flexibility index (Phi) is 6.95. The fraction of sp³-hybridized carbons (Fsp3) is 0.714. The normalized spacial score (nSPS) is 11.9. The van der Waals surface area contributed by atoms with Crippen LogP contribution in [0.1, 0.15) is 13.3 Å². The first-order valence-corrected chi connectivity index (χ1v) is 5.56. The lowest BCUT2D eigenvalue weighted by Gasteiger charge is -2.04. The van der Waals surface area contributed by atoms with Gasteiger partial charge in [0.1, 0.15) is 5.75 Å². The molecule has 82 valence electrons. The lowest BCUT2D eigenvalue weighted by Crippen LogP contribution is -2.42. The summed E-state index contributed by atoms with van der Waals surface area (Å²) in [6.45, 7) is 1.21. The third kappa shape index (κ3) is 7.69. The minimum Gasteiger partial charge on any atom is -0.396 e. The second-order valence-corrected chi connectivity index (χ2v) is 4.17. The van der Waals surface area contributed by atoms with Crippen LogP contribution in [0.15, 0.2) is 0 Å². The fourth-order valence-electron chi connectivity index (χ4n) is 0.638. The lowest BCUT2D eigenvalue weighted by molar-refractivity contribution is -0.126. The van der Waals surface area contributed by atoms with Crippen LogP contribution in [0.4, 0.5) is 0 Å². The van der Waals surface area contributed by atoms with Gasteiger partial charge in [-0.25, -0.2) is 0 Å². The molecule has 0 heterocycles. The van der Waals surface area contributed by atoms with Crippen molar-refractivity contribution < 1.29 is 18.9 Å². The van der Waals surface area contributed by atoms with E-state index >= 15 is 0 Å². The highest BCUT2D eigenvalue weighted by molar-refractivity contribution is 7.85. The second-order valence-electron chi connectivity index (χ2n) is 2.59. The third-order valence-corrected chi connectivity index (χ3v) is 2.53. The van der Waals surface area contributed by atoms with Gasteiger partial charge in [-0.2, -0.15) is 0 Å². The molecule has 0 aliphatic rings. The number of nitrogens with one attached hydrogen (secondary N) is 2. The van der Waals surface area contributed by atoms with Crippen LogP contribution in [0.3, 0.4) is 0 Å². The summed E-state index contributed by atoms with van der Waals surface area (Å²) >= 11 is 0. The summed E-state index contributed by atoms with van der Waals surface area (Å²) < 4.78 is 11.1. The smallest absolute Gasteiger partial charge is 0.250 e. The number of aliphatic hydroxyl groups is 1. The fourth-order valence-corrected chi connectivity index (χ4v) is 1.60. The van der Waals surface area contributed by atoms with Gasteiger partial charge in [-0.05, 0) is 6.42 Å². The van der Waals surface area contributed by atoms with E-state index in [2.05, 4.69) is 10.9 Å². The largest absolute Gasteiger partial charge is 0.396 e. The van der Waals surface area contributed by atoms with Crippen molar-refractivity contribution in [2.24, 2.45) is 0 Å². The number of rotatable bonds is 5. The van der Waals surface area contributed by atoms with Crippen LogP contribution in [0.2, 0.25) is 0 Å². The van der Waals surface area contributed by atoms with Crippen molar-refractivity contribution in [3.05, 3.63) is 0 Å². The molecule has 0 saturated heterocycles. The zero-order valence-electron chi connectivity index (χ0n) is 7.91. The van der Waals surface area contributed by atoms with Crippen molar-refractivity contribution in [1.29, 1.82) is 0 Å². The van der Waals surface area contributed by atoms with Gasteiger partial charge in [0.25, 0.3) is 5.91 Å². The summed E-state index contributed by atoms with van der Waals surface area (Å²) in [5.41, 5.74) is 4.18. The molecule has 1 atom stereocenters. The van der Waals surface area contributed by atoms with Gasteiger partial charge in [-0.3, -0.25) is 24.6 Å². The Labute approximate surface area is 84.5 Å². The van der Waals surface area contributed by atoms with Crippen molar-refractivity contribution >= 4 is 22.6 Å². The molecule has 0 bridgehead atoms. The highest BCUT2D eigenvalue weighted by atomic mass is 32.2. The molecule has 14 heavy (non-hydrogen) atoms. The van der Waals surface area contributed by atoms with E-state index in [-0.39, 0.29) is 24.0 Å². The molecule has 0 aromatic carbocycles. The Hall–Kier alpha value is -0.950. The van der Waals surface area contributed by atoms with E-state index in [4.69, 9.17) is 5.11 Å². The van der Waals surface area contributed by atoms with Gasteiger partial charge < -0.3 is 5.11 Å². The monoisotopic (exact) mass is 222 g/mol. The second kappa shape index (κ2) is 7.45. The zero-order chi connectivity index (χ0) is 11.0. The summed E-state index contributed by atoms with van der Waals surface area (Å²) in [6, 6.07) is 0. The lowest BCUT2D eigenvalue weighted by atomic mass is 10.5. The molecule has 0 aliphatic carbocycles. The number of amides is 2. The molecule has 7 heteroatoms. The predicted molar refractivity (Wildman–Crippen MR) is 51.5 cm³/mol. The summed E-state index contributed by atoms with van der Waals surface area (Å²) in [6.07, 6.45) is 0.403. The van der Waals surface area contributed by atoms with Crippen molar-refractivity contribution in [3.63, 3.8) is 0 Å². The Bertz CT molecular complexity index is 232. The van der Waals surface area contributed by atoms with Gasteiger partial charge in [0.2, 0.25) is 5.91 Å². The van der Waals surface area contributed by atoms with Gasteiger partial charge in [0, 0.05) is 30.1 Å². The molecule has 1 unspecified atom stereocenters. The molecular weight excluding hydrogens is 208 g/mol. The molecular formula is C7H14N2O4S. The van der Waals surface area contributed by atoms with Gasteiger partial charge in [-0.15, -0.1) is 0 Å². The summed E-state index contributed by atoms with van der Waals surface area (Å²) in [5.74, 6) is -0.777. The zero-order valence-corrected chi connectivity index (χ0v) is 8.73. The molecule has 0 aliphatic heterocycles. The summed E-state index contributed by atoms with van der Waals surface area (Å²) in [4.78, 5) is 21.3. The van der Waals surface area contributed by atoms with E-state index in [1.165, 1.54) is 6.92 Å². The molecule has 0 rings (SSSR count). The molecule has 6 nitrogen and oxygen atoms in total. The number of hydrazine groups is 1. The van der Waals surface area contributed by atoms with E-state index in [0.717, 1.165) is 0 Å². The number of carbonyl (C=O) groups is 2. The highest BCUT2D eigenvalue weighted by Crippen LogP contribution is 1.86. The van der Waals surface area contributed by atoms with Crippen molar-refractivity contribution in [2.75, 3.05) is 18.1 Å². The quantitative estimate of drug-likeness (QED) is 0.482. The molecule has 0 spiro atoms. The van der Waals surface area contributed by atoms with Crippen LogP contribution in [0.5, 0.6) is 0 Å². The third-order valence-electron chi connectivity index (χ3n) is 1.20. The van der Waals surface area contributed by atoms with E-state index < -0.39 is 16.7 Å². The summed E-state index contributed by atoms with van der Waals surface area (Å²) in [5, 5.41) is 8.43. The molecule has 0 saturated carbocycles. The van der Waals surface area contributed by atoms with Crippen LogP contribution < -0.4 is 10.9 Å². The molecule has 0 aromatic heterocycles. The van der Waals surface area contributed by atoms with E-state index in [0.29, 0.717) is 6.42 Å². The average molecular weight is 222 g/mol. The van der Waals surface area contributed by atoms with Crippen LogP contribution in [0, 0.1) is 0 Å². The maximum atomic E-state index is 11.1. The van der Waals surface area contributed by atoms with Gasteiger partial charge in [0.05, 0.1) is 0 Å². The van der Waals surface area contributed by atoms with Gasteiger partial charge in [-0.1, -0.05) is 0 Å². The van der Waals surface area contributed by atoms with Crippen LogP contribution >= 0.6 is 0 Å². The molecule has 2 amide bonds. The highest BCUT2D eigenvalue weighted by Gasteiger charge is 2.07. The number of carbonyl (C=O) groups excluding carboxylic acids is 2. The molecule has 0 aromatic rings.